The van der Waals surface area contributed by atoms with Crippen molar-refractivity contribution in [2.75, 3.05) is 18.4 Å². The topological polar surface area (TPSA) is 63.2 Å². The van der Waals surface area contributed by atoms with E-state index >= 15 is 0 Å². The highest BCUT2D eigenvalue weighted by Crippen LogP contribution is 2.32. The lowest BCUT2D eigenvalue weighted by Gasteiger charge is -2.20. The van der Waals surface area contributed by atoms with E-state index in [1.54, 1.807) is 18.3 Å². The Hall–Kier alpha value is -1.92. The van der Waals surface area contributed by atoms with Crippen molar-refractivity contribution in [1.29, 1.82) is 0 Å². The van der Waals surface area contributed by atoms with Gasteiger partial charge in [-0.25, -0.2) is 4.98 Å². The number of ether oxygens (including phenoxy) is 1. The molecule has 3 rings (SSSR count). The first-order chi connectivity index (χ1) is 12.9. The fraction of sp³-hybridized carbons (Fsp3) is 0.524. The molecule has 0 aliphatic carbocycles. The normalized spacial score (nSPS) is 16.3. The molecule has 0 bridgehead atoms. The average molecular weight is 388 g/mol. The van der Waals surface area contributed by atoms with Gasteiger partial charge in [0, 0.05) is 11.1 Å². The van der Waals surface area contributed by atoms with Crippen molar-refractivity contribution in [2.24, 2.45) is 0 Å². The maximum atomic E-state index is 12.6. The number of hydrogen-bond donors (Lipinski definition) is 2. The smallest absolute Gasteiger partial charge is 0.266 e. The minimum atomic E-state index is -0.587. The quantitative estimate of drug-likeness (QED) is 0.769. The summed E-state index contributed by atoms with van der Waals surface area (Å²) in [6, 6.07) is 6.15. The maximum absolute atomic E-state index is 12.6. The van der Waals surface area contributed by atoms with E-state index in [0.717, 1.165) is 42.8 Å². The van der Waals surface area contributed by atoms with Crippen molar-refractivity contribution in [3.63, 3.8) is 0 Å². The summed E-state index contributed by atoms with van der Waals surface area (Å²) >= 11 is 1.58. The maximum Gasteiger partial charge on any atom is 0.266 e. The highest BCUT2D eigenvalue weighted by molar-refractivity contribution is 7.15. The molecule has 0 spiro atoms. The molecule has 6 heteroatoms. The largest absolute Gasteiger partial charge is 0.481 e. The number of nitrogens with one attached hydrogen (secondary N) is 2. The molecule has 1 unspecified atom stereocenters. The second-order valence-electron chi connectivity index (χ2n) is 7.54. The molecule has 1 aliphatic rings. The molecule has 2 aromatic rings. The molecule has 1 amide bonds. The number of rotatable bonds is 6. The molecule has 5 nitrogen and oxygen atoms in total. The standard InChI is InChI=1S/C21H29N3O2S/c1-13(2)17-6-5-14(3)11-18(17)26-15(4)20(25)24-21-23-12-19(27-21)16-7-9-22-10-8-16/h5-6,11-13,15-16,22H,7-10H2,1-4H3,(H,23,24,25). The van der Waals surface area contributed by atoms with Crippen molar-refractivity contribution in [1.82, 2.24) is 10.3 Å². The minimum Gasteiger partial charge on any atom is -0.481 e. The molecule has 1 aromatic heterocycles. The van der Waals surface area contributed by atoms with Crippen LogP contribution < -0.4 is 15.4 Å². The van der Waals surface area contributed by atoms with Crippen LogP contribution in [0.3, 0.4) is 0 Å². The summed E-state index contributed by atoms with van der Waals surface area (Å²) in [7, 11) is 0. The van der Waals surface area contributed by atoms with Gasteiger partial charge in [0.05, 0.1) is 0 Å². The van der Waals surface area contributed by atoms with Gasteiger partial charge in [-0.2, -0.15) is 0 Å². The minimum absolute atomic E-state index is 0.169. The van der Waals surface area contributed by atoms with Gasteiger partial charge in [0.1, 0.15) is 5.75 Å². The molecular formula is C21H29N3O2S. The van der Waals surface area contributed by atoms with Crippen LogP contribution in [0.15, 0.2) is 24.4 Å². The van der Waals surface area contributed by atoms with E-state index in [2.05, 4.69) is 41.6 Å². The molecule has 1 aromatic carbocycles. The molecule has 2 heterocycles. The Kier molecular flexibility index (Phi) is 6.50. The Morgan fingerprint density at radius 3 is 2.74 bits per heavy atom. The number of carbonyl (C=O) groups is 1. The first-order valence-electron chi connectivity index (χ1n) is 9.68. The van der Waals surface area contributed by atoms with E-state index in [1.807, 2.05) is 19.2 Å². The number of anilines is 1. The summed E-state index contributed by atoms with van der Waals surface area (Å²) < 4.78 is 6.00. The van der Waals surface area contributed by atoms with Gasteiger partial charge >= 0.3 is 0 Å². The third-order valence-corrected chi connectivity index (χ3v) is 6.03. The van der Waals surface area contributed by atoms with Crippen LogP contribution in [0.5, 0.6) is 5.75 Å². The second-order valence-corrected chi connectivity index (χ2v) is 8.60. The molecule has 0 radical (unpaired) electrons. The number of piperidine rings is 1. The third-order valence-electron chi connectivity index (χ3n) is 4.96. The Bertz CT molecular complexity index is 781. The zero-order chi connectivity index (χ0) is 19.4. The molecule has 1 aliphatic heterocycles. The number of hydrogen-bond acceptors (Lipinski definition) is 5. The number of aromatic nitrogens is 1. The molecule has 1 fully saturated rings. The molecule has 1 saturated heterocycles. The highest BCUT2D eigenvalue weighted by atomic mass is 32.1. The van der Waals surface area contributed by atoms with Crippen molar-refractivity contribution in [3.05, 3.63) is 40.4 Å². The van der Waals surface area contributed by atoms with Crippen LogP contribution in [-0.4, -0.2) is 30.1 Å². The van der Waals surface area contributed by atoms with Gasteiger partial charge in [0.15, 0.2) is 11.2 Å². The summed E-state index contributed by atoms with van der Waals surface area (Å²) in [5.74, 6) is 1.49. The van der Waals surface area contributed by atoms with E-state index in [0.29, 0.717) is 17.0 Å². The summed E-state index contributed by atoms with van der Waals surface area (Å²) in [5.41, 5.74) is 2.23. The van der Waals surface area contributed by atoms with E-state index in [9.17, 15) is 4.79 Å². The lowest BCUT2D eigenvalue weighted by molar-refractivity contribution is -0.122. The average Bonchev–Trinajstić information content (AvgIpc) is 3.10. The van der Waals surface area contributed by atoms with E-state index in [-0.39, 0.29) is 5.91 Å². The first kappa shape index (κ1) is 19.8. The van der Waals surface area contributed by atoms with Crippen molar-refractivity contribution < 1.29 is 9.53 Å². The van der Waals surface area contributed by atoms with Crippen LogP contribution in [-0.2, 0) is 4.79 Å². The van der Waals surface area contributed by atoms with Crippen molar-refractivity contribution in [2.45, 2.75) is 58.5 Å². The third kappa shape index (κ3) is 5.08. The Morgan fingerprint density at radius 1 is 1.30 bits per heavy atom. The first-order valence-corrected chi connectivity index (χ1v) is 10.5. The van der Waals surface area contributed by atoms with E-state index < -0.39 is 6.10 Å². The molecule has 1 atom stereocenters. The summed E-state index contributed by atoms with van der Waals surface area (Å²) in [4.78, 5) is 18.2. The number of thiazole rings is 1. The predicted molar refractivity (Wildman–Crippen MR) is 111 cm³/mol. The molecule has 27 heavy (non-hydrogen) atoms. The zero-order valence-electron chi connectivity index (χ0n) is 16.5. The van der Waals surface area contributed by atoms with Crippen LogP contribution in [0.4, 0.5) is 5.13 Å². The second kappa shape index (κ2) is 8.85. The zero-order valence-corrected chi connectivity index (χ0v) is 17.4. The SMILES string of the molecule is Cc1ccc(C(C)C)c(OC(C)C(=O)Nc2ncc(C3CCNCC3)s2)c1. The lowest BCUT2D eigenvalue weighted by atomic mass is 9.97. The molecule has 0 saturated carbocycles. The van der Waals surface area contributed by atoms with Gasteiger partial charge in [-0.1, -0.05) is 26.0 Å². The van der Waals surface area contributed by atoms with Gasteiger partial charge in [0.2, 0.25) is 0 Å². The van der Waals surface area contributed by atoms with Crippen LogP contribution in [0.1, 0.15) is 61.5 Å². The summed E-state index contributed by atoms with van der Waals surface area (Å²) in [6.45, 7) is 10.1. The number of benzene rings is 1. The molecular weight excluding hydrogens is 358 g/mol. The van der Waals surface area contributed by atoms with Gasteiger partial charge in [-0.05, 0) is 68.8 Å². The Morgan fingerprint density at radius 2 is 2.04 bits per heavy atom. The Labute approximate surface area is 165 Å². The summed E-state index contributed by atoms with van der Waals surface area (Å²) in [6.07, 6.45) is 3.57. The van der Waals surface area contributed by atoms with E-state index in [1.165, 1.54) is 4.88 Å². The fourth-order valence-corrected chi connectivity index (χ4v) is 4.30. The number of amides is 1. The van der Waals surface area contributed by atoms with Crippen LogP contribution in [0.25, 0.3) is 0 Å². The van der Waals surface area contributed by atoms with Crippen LogP contribution in [0, 0.1) is 6.92 Å². The molecule has 2 N–H and O–H groups in total. The monoisotopic (exact) mass is 387 g/mol. The number of nitrogens with zero attached hydrogens (tertiary/aromatic N) is 1. The Balaban J connectivity index is 1.63. The van der Waals surface area contributed by atoms with Gasteiger partial charge in [0.25, 0.3) is 5.91 Å². The van der Waals surface area contributed by atoms with E-state index in [4.69, 9.17) is 4.74 Å². The number of carbonyl (C=O) groups excluding carboxylic acids is 1. The predicted octanol–water partition coefficient (Wildman–Crippen LogP) is 4.45. The van der Waals surface area contributed by atoms with Crippen LogP contribution >= 0.6 is 11.3 Å². The lowest BCUT2D eigenvalue weighted by Crippen LogP contribution is -2.30. The van der Waals surface area contributed by atoms with Crippen molar-refractivity contribution >= 4 is 22.4 Å². The fourth-order valence-electron chi connectivity index (χ4n) is 3.31. The van der Waals surface area contributed by atoms with Gasteiger partial charge in [-0.3, -0.25) is 10.1 Å². The van der Waals surface area contributed by atoms with Crippen LogP contribution in [0.2, 0.25) is 0 Å². The van der Waals surface area contributed by atoms with Gasteiger partial charge in [-0.15, -0.1) is 11.3 Å². The molecule has 146 valence electrons. The number of aryl methyl sites for hydroxylation is 1. The summed E-state index contributed by atoms with van der Waals surface area (Å²) in [5, 5.41) is 6.94. The van der Waals surface area contributed by atoms with Crippen molar-refractivity contribution in [3.8, 4) is 5.75 Å². The van der Waals surface area contributed by atoms with Gasteiger partial charge < -0.3 is 10.1 Å². The highest BCUT2D eigenvalue weighted by Gasteiger charge is 2.21.